The molecule has 5 rings (SSSR count). The number of hydrogen-bond acceptors (Lipinski definition) is 7. The molecular weight excluding hydrogens is 464 g/mol. The number of fused-ring (bicyclic) bond motifs is 2. The number of aryl methyl sites for hydroxylation is 2. The lowest BCUT2D eigenvalue weighted by Crippen LogP contribution is -2.37. The van der Waals surface area contributed by atoms with E-state index in [-0.39, 0.29) is 12.3 Å². The first-order valence-corrected chi connectivity index (χ1v) is 10.8. The molecule has 0 aromatic heterocycles. The number of halogens is 1. The van der Waals surface area contributed by atoms with Gasteiger partial charge in [-0.1, -0.05) is 5.16 Å². The van der Waals surface area contributed by atoms with E-state index in [2.05, 4.69) is 21.1 Å². The lowest BCUT2D eigenvalue weighted by atomic mass is 9.93. The monoisotopic (exact) mass is 484 g/mol. The zero-order chi connectivity index (χ0) is 21.7. The Morgan fingerprint density at radius 1 is 1.10 bits per heavy atom. The smallest absolute Gasteiger partial charge is 0.250 e. The van der Waals surface area contributed by atoms with E-state index in [4.69, 9.17) is 25.1 Å². The van der Waals surface area contributed by atoms with Gasteiger partial charge in [0.1, 0.15) is 17.8 Å². The summed E-state index contributed by atoms with van der Waals surface area (Å²) in [5, 5.41) is 10.1. The quantitative estimate of drug-likeness (QED) is 0.659. The molecule has 2 aromatic rings. The molecule has 0 aliphatic carbocycles. The second kappa shape index (κ2) is 7.56. The van der Waals surface area contributed by atoms with Crippen LogP contribution < -0.4 is 15.2 Å². The van der Waals surface area contributed by atoms with Crippen molar-refractivity contribution in [3.63, 3.8) is 0 Å². The Labute approximate surface area is 187 Å². The van der Waals surface area contributed by atoms with Crippen LogP contribution in [0.15, 0.2) is 34.5 Å². The van der Waals surface area contributed by atoms with Gasteiger partial charge in [-0.3, -0.25) is 4.79 Å². The second-order valence-corrected chi connectivity index (χ2v) is 8.69. The van der Waals surface area contributed by atoms with E-state index in [1.165, 1.54) is 5.01 Å². The first kappa shape index (κ1) is 19.9. The van der Waals surface area contributed by atoms with Gasteiger partial charge in [0.25, 0.3) is 5.91 Å². The highest BCUT2D eigenvalue weighted by Gasteiger charge is 2.35. The van der Waals surface area contributed by atoms with Crippen molar-refractivity contribution >= 4 is 37.9 Å². The van der Waals surface area contributed by atoms with Crippen molar-refractivity contribution in [3.05, 3.63) is 52.1 Å². The topological polar surface area (TPSA) is 98.7 Å². The number of nitrogens with two attached hydrogens (primary N) is 1. The van der Waals surface area contributed by atoms with Crippen LogP contribution >= 0.6 is 15.9 Å². The number of anilines is 1. The maximum absolute atomic E-state index is 13.2. The van der Waals surface area contributed by atoms with E-state index in [9.17, 15) is 4.79 Å². The molecular formula is C22H21BrN4O4. The molecule has 1 amide bonds. The minimum atomic E-state index is -0.607. The van der Waals surface area contributed by atoms with Crippen molar-refractivity contribution in [2.75, 3.05) is 18.9 Å². The summed E-state index contributed by atoms with van der Waals surface area (Å²) >= 11 is 3.34. The fraction of sp³-hybridized carbons (Fsp3) is 0.318. The number of nitrogens with zero attached hydrogens (tertiary/aromatic N) is 3. The fourth-order valence-corrected chi connectivity index (χ4v) is 4.34. The summed E-state index contributed by atoms with van der Waals surface area (Å²) in [6.07, 6.45) is -0.0191. The number of carbonyl (C=O) groups excluding carboxylic acids is 1. The van der Waals surface area contributed by atoms with Crippen LogP contribution in [0.3, 0.4) is 0 Å². The normalized spacial score (nSPS) is 19.9. The van der Waals surface area contributed by atoms with Gasteiger partial charge < -0.3 is 20.0 Å². The summed E-state index contributed by atoms with van der Waals surface area (Å²) in [5.74, 6) is 1.10. The highest BCUT2D eigenvalue weighted by atomic mass is 79.9. The third kappa shape index (κ3) is 3.52. The van der Waals surface area contributed by atoms with Gasteiger partial charge in [-0.15, -0.1) is 0 Å². The lowest BCUT2D eigenvalue weighted by Gasteiger charge is -2.21. The summed E-state index contributed by atoms with van der Waals surface area (Å²) in [4.78, 5) is 18.6. The van der Waals surface area contributed by atoms with Crippen molar-refractivity contribution in [2.45, 2.75) is 32.9 Å². The zero-order valence-electron chi connectivity index (χ0n) is 17.1. The van der Waals surface area contributed by atoms with Crippen LogP contribution in [0.4, 0.5) is 5.69 Å². The van der Waals surface area contributed by atoms with E-state index in [1.54, 1.807) is 0 Å². The molecule has 1 atom stereocenters. The van der Waals surface area contributed by atoms with Crippen molar-refractivity contribution < 1.29 is 19.1 Å². The molecule has 0 spiro atoms. The van der Waals surface area contributed by atoms with Gasteiger partial charge in [0.2, 0.25) is 6.23 Å². The van der Waals surface area contributed by atoms with Crippen molar-refractivity contribution in [1.82, 2.24) is 5.01 Å². The molecule has 160 valence electrons. The van der Waals surface area contributed by atoms with Crippen molar-refractivity contribution in [3.8, 4) is 11.5 Å². The number of benzene rings is 2. The molecule has 0 fully saturated rings. The van der Waals surface area contributed by atoms with Crippen LogP contribution in [-0.4, -0.2) is 40.7 Å². The first-order chi connectivity index (χ1) is 14.9. The molecule has 3 heterocycles. The minimum absolute atomic E-state index is 0.156. The number of oxime groups is 1. The standard InChI is InChI=1S/C22H21BrN4O4/c1-11-5-14(6-12(2)21(11)24)22-15-9-17-16(29-3-4-30-17)7-13(15)8-19(28)27(25-22)20-10-18(23)26-31-20/h5-7,9,20H,3-4,8,10,24H2,1-2H3. The Kier molecular flexibility index (Phi) is 4.85. The average Bonchev–Trinajstić information content (AvgIpc) is 3.11. The number of amides is 1. The minimum Gasteiger partial charge on any atom is -0.486 e. The van der Waals surface area contributed by atoms with Crippen molar-refractivity contribution in [2.24, 2.45) is 10.3 Å². The van der Waals surface area contributed by atoms with Crippen LogP contribution in [0.25, 0.3) is 0 Å². The molecule has 1 unspecified atom stereocenters. The molecule has 31 heavy (non-hydrogen) atoms. The van der Waals surface area contributed by atoms with Gasteiger partial charge in [0.15, 0.2) is 11.5 Å². The number of ether oxygens (including phenoxy) is 2. The maximum Gasteiger partial charge on any atom is 0.250 e. The molecule has 0 saturated heterocycles. The van der Waals surface area contributed by atoms with Crippen LogP contribution in [0.1, 0.15) is 34.2 Å². The van der Waals surface area contributed by atoms with Gasteiger partial charge in [-0.2, -0.15) is 10.1 Å². The van der Waals surface area contributed by atoms with Crippen LogP contribution in [0.5, 0.6) is 11.5 Å². The largest absolute Gasteiger partial charge is 0.486 e. The van der Waals surface area contributed by atoms with Gasteiger partial charge >= 0.3 is 0 Å². The lowest BCUT2D eigenvalue weighted by molar-refractivity contribution is -0.143. The second-order valence-electron chi connectivity index (χ2n) is 7.77. The number of hydrogen-bond donors (Lipinski definition) is 1. The third-order valence-corrected chi connectivity index (χ3v) is 6.05. The molecule has 0 bridgehead atoms. The van der Waals surface area contributed by atoms with E-state index in [1.807, 2.05) is 38.1 Å². The SMILES string of the molecule is Cc1cc(C2=NN(C3CC(Br)=NO3)C(=O)Cc3cc4c(cc32)OCCO4)cc(C)c1N. The highest BCUT2D eigenvalue weighted by molar-refractivity contribution is 9.18. The van der Waals surface area contributed by atoms with Crippen LogP contribution in [0.2, 0.25) is 0 Å². The Hall–Kier alpha value is -3.07. The zero-order valence-corrected chi connectivity index (χ0v) is 18.7. The average molecular weight is 485 g/mol. The molecule has 9 heteroatoms. The molecule has 0 saturated carbocycles. The van der Waals surface area contributed by atoms with Gasteiger partial charge in [0.05, 0.1) is 18.6 Å². The van der Waals surface area contributed by atoms with Crippen LogP contribution in [-0.2, 0) is 16.1 Å². The predicted octanol–water partition coefficient (Wildman–Crippen LogP) is 3.25. The number of carbonyl (C=O) groups is 1. The molecule has 2 N–H and O–H groups in total. The Bertz CT molecular complexity index is 1140. The number of hydrazone groups is 1. The Morgan fingerprint density at radius 3 is 2.42 bits per heavy atom. The molecule has 2 aromatic carbocycles. The summed E-state index contributed by atoms with van der Waals surface area (Å²) in [7, 11) is 0. The van der Waals surface area contributed by atoms with Crippen LogP contribution in [0, 0.1) is 13.8 Å². The van der Waals surface area contributed by atoms with Gasteiger partial charge in [-0.05, 0) is 70.7 Å². The van der Waals surface area contributed by atoms with Crippen molar-refractivity contribution in [1.29, 1.82) is 0 Å². The van der Waals surface area contributed by atoms with Gasteiger partial charge in [0, 0.05) is 16.8 Å². The maximum atomic E-state index is 13.2. The molecule has 0 radical (unpaired) electrons. The number of rotatable bonds is 2. The molecule has 8 nitrogen and oxygen atoms in total. The molecule has 3 aliphatic rings. The first-order valence-electron chi connectivity index (χ1n) is 9.99. The summed E-state index contributed by atoms with van der Waals surface area (Å²) in [5.41, 5.74) is 12.0. The number of nitrogen functional groups attached to an aromatic ring is 1. The van der Waals surface area contributed by atoms with E-state index >= 15 is 0 Å². The summed E-state index contributed by atoms with van der Waals surface area (Å²) in [6.45, 7) is 4.87. The van der Waals surface area contributed by atoms with E-state index in [0.29, 0.717) is 41.5 Å². The Balaban J connectivity index is 1.69. The predicted molar refractivity (Wildman–Crippen MR) is 120 cm³/mol. The Morgan fingerprint density at radius 2 is 1.77 bits per heavy atom. The summed E-state index contributed by atoms with van der Waals surface area (Å²) in [6, 6.07) is 7.75. The highest BCUT2D eigenvalue weighted by Crippen LogP contribution is 2.37. The third-order valence-electron chi connectivity index (χ3n) is 5.58. The molecule has 3 aliphatic heterocycles. The van der Waals surface area contributed by atoms with Gasteiger partial charge in [-0.25, -0.2) is 0 Å². The summed E-state index contributed by atoms with van der Waals surface area (Å²) < 4.78 is 12.2. The van der Waals surface area contributed by atoms with E-state index < -0.39 is 6.23 Å². The fourth-order valence-electron chi connectivity index (χ4n) is 3.98. The van der Waals surface area contributed by atoms with E-state index in [0.717, 1.165) is 33.5 Å².